The van der Waals surface area contributed by atoms with Gasteiger partial charge in [0.05, 0.1) is 17.9 Å². The van der Waals surface area contributed by atoms with Gasteiger partial charge in [0.25, 0.3) is 5.91 Å². The summed E-state index contributed by atoms with van der Waals surface area (Å²) >= 11 is 2.07. The van der Waals surface area contributed by atoms with Gasteiger partial charge in [0.15, 0.2) is 0 Å². The van der Waals surface area contributed by atoms with Crippen molar-refractivity contribution >= 4 is 50.3 Å². The normalized spacial score (nSPS) is 12.1. The molecule has 3 aromatic rings. The minimum absolute atomic E-state index is 0.0186. The van der Waals surface area contributed by atoms with Crippen LogP contribution in [0.4, 0.5) is 5.82 Å². The maximum atomic E-state index is 12.9. The molecule has 11 heteroatoms. The third-order valence-corrected chi connectivity index (χ3v) is 7.32. The number of nitrogen functional groups attached to an aromatic ring is 1. The zero-order valence-corrected chi connectivity index (χ0v) is 22.6. The third-order valence-electron chi connectivity index (χ3n) is 5.12. The molecule has 1 atom stereocenters. The highest BCUT2D eigenvalue weighted by atomic mass is 127. The van der Waals surface area contributed by atoms with Crippen LogP contribution >= 0.6 is 22.6 Å². The van der Waals surface area contributed by atoms with E-state index in [1.165, 1.54) is 12.1 Å². The Morgan fingerprint density at radius 1 is 1.03 bits per heavy atom. The summed E-state index contributed by atoms with van der Waals surface area (Å²) in [5.74, 6) is -0.702. The molecule has 0 aliphatic heterocycles. The van der Waals surface area contributed by atoms with E-state index in [4.69, 9.17) is 10.5 Å². The molecule has 190 valence electrons. The molecule has 0 saturated carbocycles. The number of hydrogen-bond donors (Lipinski definition) is 3. The lowest BCUT2D eigenvalue weighted by Gasteiger charge is -2.20. The van der Waals surface area contributed by atoms with Crippen molar-refractivity contribution in [1.29, 1.82) is 0 Å². The second-order valence-electron chi connectivity index (χ2n) is 7.86. The predicted molar refractivity (Wildman–Crippen MR) is 144 cm³/mol. The molecule has 36 heavy (non-hydrogen) atoms. The van der Waals surface area contributed by atoms with Crippen molar-refractivity contribution in [3.05, 3.63) is 87.1 Å². The van der Waals surface area contributed by atoms with Crippen LogP contribution in [-0.4, -0.2) is 38.1 Å². The smallest absolute Gasteiger partial charge is 0.309 e. The molecule has 2 aromatic carbocycles. The number of hydrogen-bond acceptors (Lipinski definition) is 7. The van der Waals surface area contributed by atoms with Gasteiger partial charge in [0.2, 0.25) is 10.0 Å². The fourth-order valence-corrected chi connectivity index (χ4v) is 4.86. The van der Waals surface area contributed by atoms with E-state index in [0.717, 1.165) is 14.8 Å². The number of sulfonamides is 1. The minimum atomic E-state index is -4.00. The van der Waals surface area contributed by atoms with E-state index in [1.54, 1.807) is 37.3 Å². The molecule has 0 aliphatic carbocycles. The number of benzene rings is 2. The summed E-state index contributed by atoms with van der Waals surface area (Å²) < 4.78 is 33.9. The summed E-state index contributed by atoms with van der Waals surface area (Å²) in [6.45, 7) is 1.78. The quantitative estimate of drug-likeness (QED) is 0.170. The van der Waals surface area contributed by atoms with Crippen LogP contribution in [0.2, 0.25) is 0 Å². The Kier molecular flexibility index (Phi) is 9.79. The molecule has 0 spiro atoms. The van der Waals surface area contributed by atoms with Crippen LogP contribution < -0.4 is 15.8 Å². The van der Waals surface area contributed by atoms with Crippen LogP contribution in [0.15, 0.2) is 71.6 Å². The number of aryl methyl sites for hydroxylation is 2. The lowest BCUT2D eigenvalue weighted by molar-refractivity contribution is -0.143. The van der Waals surface area contributed by atoms with Crippen LogP contribution in [0.5, 0.6) is 0 Å². The first-order valence-electron chi connectivity index (χ1n) is 11.2. The largest absolute Gasteiger partial charge is 0.466 e. The molecule has 0 radical (unpaired) electrons. The van der Waals surface area contributed by atoms with Gasteiger partial charge >= 0.3 is 5.97 Å². The van der Waals surface area contributed by atoms with Crippen LogP contribution in [-0.2, 0) is 32.4 Å². The third kappa shape index (κ3) is 8.28. The molecule has 0 unspecified atom stereocenters. The van der Waals surface area contributed by atoms with E-state index in [2.05, 4.69) is 37.6 Å². The van der Waals surface area contributed by atoms with E-state index >= 15 is 0 Å². The fourth-order valence-electron chi connectivity index (χ4n) is 3.35. The number of amides is 1. The highest BCUT2D eigenvalue weighted by Gasteiger charge is 2.25. The number of nitrogens with one attached hydrogen (secondary N) is 2. The van der Waals surface area contributed by atoms with E-state index < -0.39 is 28.1 Å². The van der Waals surface area contributed by atoms with Gasteiger partial charge in [-0.1, -0.05) is 18.2 Å². The molecule has 9 nitrogen and oxygen atoms in total. The summed E-state index contributed by atoms with van der Waals surface area (Å²) in [7, 11) is -4.00. The number of anilines is 1. The molecule has 0 bridgehead atoms. The number of rotatable bonds is 11. The zero-order valence-electron chi connectivity index (χ0n) is 19.6. The number of carbonyl (C=O) groups excluding carboxylic acids is 2. The number of esters is 1. The number of halogens is 1. The lowest BCUT2D eigenvalue weighted by atomic mass is 10.1. The molecule has 0 fully saturated rings. The van der Waals surface area contributed by atoms with Crippen molar-refractivity contribution in [3.63, 3.8) is 0 Å². The van der Waals surface area contributed by atoms with Crippen LogP contribution in [0.25, 0.3) is 0 Å². The Hall–Kier alpha value is -3.03. The monoisotopic (exact) mass is 622 g/mol. The van der Waals surface area contributed by atoms with Gasteiger partial charge in [-0.15, -0.1) is 0 Å². The maximum absolute atomic E-state index is 12.9. The zero-order chi connectivity index (χ0) is 26.1. The lowest BCUT2D eigenvalue weighted by Crippen LogP contribution is -2.49. The first-order chi connectivity index (χ1) is 17.2. The predicted octanol–water partition coefficient (Wildman–Crippen LogP) is 3.04. The number of aromatic nitrogens is 1. The van der Waals surface area contributed by atoms with Crippen molar-refractivity contribution < 1.29 is 22.7 Å². The molecule has 1 heterocycles. The number of nitrogens with two attached hydrogens (primary N) is 1. The van der Waals surface area contributed by atoms with E-state index in [-0.39, 0.29) is 17.9 Å². The molecule has 1 amide bonds. The second-order valence-corrected chi connectivity index (χ2v) is 10.8. The van der Waals surface area contributed by atoms with Crippen molar-refractivity contribution in [1.82, 2.24) is 15.0 Å². The topological polar surface area (TPSA) is 140 Å². The molecular formula is C25H27IN4O5S. The Morgan fingerprint density at radius 2 is 1.72 bits per heavy atom. The Labute approximate surface area is 224 Å². The van der Waals surface area contributed by atoms with Crippen molar-refractivity contribution in [2.75, 3.05) is 12.3 Å². The maximum Gasteiger partial charge on any atom is 0.309 e. The summed E-state index contributed by atoms with van der Waals surface area (Å²) in [6, 6.07) is 18.6. The number of nitrogens with zero attached hydrogens (tertiary/aromatic N) is 1. The fraction of sp³-hybridized carbons (Fsp3) is 0.240. The molecule has 4 N–H and O–H groups in total. The molecular weight excluding hydrogens is 595 g/mol. The Balaban J connectivity index is 1.68. The van der Waals surface area contributed by atoms with Gasteiger partial charge in [0.1, 0.15) is 12.0 Å². The van der Waals surface area contributed by atoms with Crippen LogP contribution in [0, 0.1) is 3.57 Å². The van der Waals surface area contributed by atoms with Gasteiger partial charge in [-0.3, -0.25) is 9.59 Å². The first-order valence-corrected chi connectivity index (χ1v) is 13.8. The molecule has 0 aliphatic rings. The average molecular weight is 622 g/mol. The van der Waals surface area contributed by atoms with Gasteiger partial charge in [0, 0.05) is 14.8 Å². The van der Waals surface area contributed by atoms with Gasteiger partial charge in [-0.05, 0) is 96.5 Å². The van der Waals surface area contributed by atoms with E-state index in [1.807, 2.05) is 24.3 Å². The van der Waals surface area contributed by atoms with Gasteiger partial charge in [-0.25, -0.2) is 13.4 Å². The van der Waals surface area contributed by atoms with Gasteiger partial charge < -0.3 is 15.8 Å². The number of ether oxygens (including phenoxy) is 1. The summed E-state index contributed by atoms with van der Waals surface area (Å²) in [4.78, 5) is 29.2. The Bertz CT molecular complexity index is 1300. The van der Waals surface area contributed by atoms with Crippen molar-refractivity contribution in [2.45, 2.75) is 37.2 Å². The first kappa shape index (κ1) is 27.6. The van der Waals surface area contributed by atoms with E-state index in [9.17, 15) is 18.0 Å². The summed E-state index contributed by atoms with van der Waals surface area (Å²) in [5.41, 5.74) is 7.91. The average Bonchev–Trinajstić information content (AvgIpc) is 2.83. The van der Waals surface area contributed by atoms with Crippen molar-refractivity contribution in [3.8, 4) is 0 Å². The van der Waals surface area contributed by atoms with Crippen molar-refractivity contribution in [2.24, 2.45) is 0 Å². The van der Waals surface area contributed by atoms with Crippen LogP contribution in [0.3, 0.4) is 0 Å². The SMILES string of the molecule is CCOC(=O)C[C@@H](NC(=O)c1ccc(CCc2cccc(N)n2)cc1)NS(=O)(=O)c1ccc(I)cc1. The second kappa shape index (κ2) is 12.8. The van der Waals surface area contributed by atoms with Crippen LogP contribution in [0.1, 0.15) is 35.0 Å². The molecule has 0 saturated heterocycles. The Morgan fingerprint density at radius 3 is 2.36 bits per heavy atom. The number of pyridine rings is 1. The minimum Gasteiger partial charge on any atom is -0.466 e. The molecule has 1 aromatic heterocycles. The summed E-state index contributed by atoms with van der Waals surface area (Å²) in [5, 5.41) is 2.59. The van der Waals surface area contributed by atoms with E-state index in [0.29, 0.717) is 24.2 Å². The highest BCUT2D eigenvalue weighted by Crippen LogP contribution is 2.14. The standard InChI is InChI=1S/C25H27IN4O5S/c1-2-35-24(31)16-23(30-36(33,34)21-14-11-19(26)12-15-21)29-25(32)18-9-6-17(7-10-18)8-13-20-4-3-5-22(27)28-20/h3-7,9-12,14-15,23,30H,2,8,13,16H2,1H3,(H2,27,28)(H,29,32)/t23-/m0/s1. The summed E-state index contributed by atoms with van der Waals surface area (Å²) in [6.07, 6.45) is -0.165. The van der Waals surface area contributed by atoms with Gasteiger partial charge in [-0.2, -0.15) is 4.72 Å². The highest BCUT2D eigenvalue weighted by molar-refractivity contribution is 14.1. The molecule has 3 rings (SSSR count). The number of carbonyl (C=O) groups is 2.